The van der Waals surface area contributed by atoms with E-state index in [0.717, 1.165) is 18.4 Å². The van der Waals surface area contributed by atoms with Crippen LogP contribution in [0.3, 0.4) is 0 Å². The van der Waals surface area contributed by atoms with Crippen LogP contribution in [0, 0.1) is 5.41 Å². The molecule has 0 fully saturated rings. The first-order valence-corrected chi connectivity index (χ1v) is 7.13. The molecule has 4 N–H and O–H groups in total. The Morgan fingerprint density at radius 2 is 2.00 bits per heavy atom. The number of carbonyl (C=O) groups excluding carboxylic acids is 1. The standard InChI is InChI=1S/C16H26N2O2/c1-16(2,9-6-10-19)12-18-15(20)14(17)11-13-7-4-3-5-8-13/h3-5,7-8,14,19H,6,9-12,17H2,1-2H3,(H,18,20)/t14-/m0/s1. The lowest BCUT2D eigenvalue weighted by Gasteiger charge is -2.25. The first-order valence-electron chi connectivity index (χ1n) is 7.13. The van der Waals surface area contributed by atoms with Crippen LogP contribution in [0.5, 0.6) is 0 Å². The molecule has 0 saturated heterocycles. The van der Waals surface area contributed by atoms with Gasteiger partial charge in [-0.05, 0) is 30.2 Å². The predicted octanol–water partition coefficient (Wildman–Crippen LogP) is 1.47. The van der Waals surface area contributed by atoms with Crippen LogP contribution < -0.4 is 11.1 Å². The molecule has 112 valence electrons. The normalized spacial score (nSPS) is 13.0. The molecule has 0 aliphatic heterocycles. The number of benzene rings is 1. The van der Waals surface area contributed by atoms with E-state index < -0.39 is 6.04 Å². The van der Waals surface area contributed by atoms with E-state index in [1.165, 1.54) is 0 Å². The van der Waals surface area contributed by atoms with Crippen molar-refractivity contribution in [3.63, 3.8) is 0 Å². The zero-order valence-electron chi connectivity index (χ0n) is 12.4. The molecule has 1 aromatic rings. The van der Waals surface area contributed by atoms with Gasteiger partial charge >= 0.3 is 0 Å². The second kappa shape index (κ2) is 8.02. The molecule has 0 radical (unpaired) electrons. The van der Waals surface area contributed by atoms with Crippen molar-refractivity contribution in [2.24, 2.45) is 11.1 Å². The van der Waals surface area contributed by atoms with E-state index in [2.05, 4.69) is 19.2 Å². The van der Waals surface area contributed by atoms with E-state index in [1.807, 2.05) is 30.3 Å². The Bertz CT molecular complexity index is 404. The van der Waals surface area contributed by atoms with Crippen molar-refractivity contribution < 1.29 is 9.90 Å². The summed E-state index contributed by atoms with van der Waals surface area (Å²) in [5.41, 5.74) is 6.97. The Balaban J connectivity index is 2.38. The van der Waals surface area contributed by atoms with Gasteiger partial charge in [0, 0.05) is 13.2 Å². The molecule has 0 unspecified atom stereocenters. The average Bonchev–Trinajstić information content (AvgIpc) is 2.44. The first-order chi connectivity index (χ1) is 9.44. The van der Waals surface area contributed by atoms with Crippen LogP contribution >= 0.6 is 0 Å². The van der Waals surface area contributed by atoms with E-state index in [0.29, 0.717) is 13.0 Å². The Labute approximate surface area is 121 Å². The summed E-state index contributed by atoms with van der Waals surface area (Å²) >= 11 is 0. The summed E-state index contributed by atoms with van der Waals surface area (Å²) < 4.78 is 0. The van der Waals surface area contributed by atoms with Crippen molar-refractivity contribution >= 4 is 5.91 Å². The zero-order valence-corrected chi connectivity index (χ0v) is 12.4. The van der Waals surface area contributed by atoms with Crippen LogP contribution in [-0.4, -0.2) is 30.2 Å². The molecule has 0 aromatic heterocycles. The summed E-state index contributed by atoms with van der Waals surface area (Å²) in [5.74, 6) is -0.120. The quantitative estimate of drug-likeness (QED) is 0.674. The number of aliphatic hydroxyl groups is 1. The van der Waals surface area contributed by atoms with Crippen molar-refractivity contribution in [3.05, 3.63) is 35.9 Å². The maximum absolute atomic E-state index is 12.0. The van der Waals surface area contributed by atoms with Crippen LogP contribution in [0.4, 0.5) is 0 Å². The minimum atomic E-state index is -0.522. The Morgan fingerprint density at radius 1 is 1.35 bits per heavy atom. The number of aliphatic hydroxyl groups excluding tert-OH is 1. The molecule has 0 spiro atoms. The molecule has 0 saturated carbocycles. The van der Waals surface area contributed by atoms with Crippen LogP contribution in [0.25, 0.3) is 0 Å². The molecule has 1 rings (SSSR count). The highest BCUT2D eigenvalue weighted by Crippen LogP contribution is 2.20. The number of rotatable bonds is 8. The molecule has 4 nitrogen and oxygen atoms in total. The Kier molecular flexibility index (Phi) is 6.68. The molecule has 1 atom stereocenters. The van der Waals surface area contributed by atoms with Gasteiger partial charge in [0.2, 0.25) is 5.91 Å². The van der Waals surface area contributed by atoms with Gasteiger partial charge in [0.25, 0.3) is 0 Å². The van der Waals surface area contributed by atoms with Gasteiger partial charge in [-0.3, -0.25) is 4.79 Å². The fourth-order valence-electron chi connectivity index (χ4n) is 2.06. The van der Waals surface area contributed by atoms with E-state index >= 15 is 0 Å². The highest BCUT2D eigenvalue weighted by atomic mass is 16.2. The first kappa shape index (κ1) is 16.7. The average molecular weight is 278 g/mol. The summed E-state index contributed by atoms with van der Waals surface area (Å²) in [4.78, 5) is 12.0. The van der Waals surface area contributed by atoms with Gasteiger partial charge in [0.15, 0.2) is 0 Å². The van der Waals surface area contributed by atoms with Crippen LogP contribution in [0.1, 0.15) is 32.3 Å². The maximum Gasteiger partial charge on any atom is 0.237 e. The van der Waals surface area contributed by atoms with Gasteiger partial charge in [-0.2, -0.15) is 0 Å². The third-order valence-corrected chi connectivity index (χ3v) is 3.39. The van der Waals surface area contributed by atoms with Crippen molar-refractivity contribution in [1.29, 1.82) is 0 Å². The lowest BCUT2D eigenvalue weighted by Crippen LogP contribution is -2.45. The smallest absolute Gasteiger partial charge is 0.237 e. The molecule has 4 heteroatoms. The van der Waals surface area contributed by atoms with Gasteiger partial charge < -0.3 is 16.2 Å². The molecule has 20 heavy (non-hydrogen) atoms. The number of hydrogen-bond donors (Lipinski definition) is 3. The second-order valence-corrected chi connectivity index (χ2v) is 6.01. The third-order valence-electron chi connectivity index (χ3n) is 3.39. The van der Waals surface area contributed by atoms with Gasteiger partial charge in [0.05, 0.1) is 6.04 Å². The highest BCUT2D eigenvalue weighted by molar-refractivity contribution is 5.81. The van der Waals surface area contributed by atoms with E-state index in [-0.39, 0.29) is 17.9 Å². The Morgan fingerprint density at radius 3 is 2.60 bits per heavy atom. The second-order valence-electron chi connectivity index (χ2n) is 6.01. The van der Waals surface area contributed by atoms with Crippen LogP contribution in [0.15, 0.2) is 30.3 Å². The van der Waals surface area contributed by atoms with E-state index in [1.54, 1.807) is 0 Å². The number of amides is 1. The largest absolute Gasteiger partial charge is 0.396 e. The summed E-state index contributed by atoms with van der Waals surface area (Å²) in [6.07, 6.45) is 2.17. The maximum atomic E-state index is 12.0. The van der Waals surface area contributed by atoms with Crippen molar-refractivity contribution in [3.8, 4) is 0 Å². The topological polar surface area (TPSA) is 75.3 Å². The number of hydrogen-bond acceptors (Lipinski definition) is 3. The molecule has 1 aromatic carbocycles. The fourth-order valence-corrected chi connectivity index (χ4v) is 2.06. The molecule has 0 aliphatic rings. The van der Waals surface area contributed by atoms with Gasteiger partial charge in [-0.25, -0.2) is 0 Å². The minimum Gasteiger partial charge on any atom is -0.396 e. The van der Waals surface area contributed by atoms with E-state index in [9.17, 15) is 4.79 Å². The van der Waals surface area contributed by atoms with Crippen molar-refractivity contribution in [2.75, 3.05) is 13.2 Å². The minimum absolute atomic E-state index is 0.0230. The third kappa shape index (κ3) is 6.17. The number of carbonyl (C=O) groups is 1. The summed E-state index contributed by atoms with van der Waals surface area (Å²) in [7, 11) is 0. The van der Waals surface area contributed by atoms with Crippen LogP contribution in [0.2, 0.25) is 0 Å². The van der Waals surface area contributed by atoms with Gasteiger partial charge in [0.1, 0.15) is 0 Å². The number of nitrogens with one attached hydrogen (secondary N) is 1. The fraction of sp³-hybridized carbons (Fsp3) is 0.562. The van der Waals surface area contributed by atoms with E-state index in [4.69, 9.17) is 10.8 Å². The monoisotopic (exact) mass is 278 g/mol. The summed E-state index contributed by atoms with van der Waals surface area (Å²) in [6, 6.07) is 9.25. The molecule has 0 bridgehead atoms. The molecule has 0 aliphatic carbocycles. The van der Waals surface area contributed by atoms with Crippen molar-refractivity contribution in [1.82, 2.24) is 5.32 Å². The molecular weight excluding hydrogens is 252 g/mol. The molecule has 1 amide bonds. The molecule has 0 heterocycles. The van der Waals surface area contributed by atoms with Gasteiger partial charge in [-0.1, -0.05) is 44.2 Å². The lowest BCUT2D eigenvalue weighted by atomic mass is 9.88. The predicted molar refractivity (Wildman–Crippen MR) is 81.2 cm³/mol. The SMILES string of the molecule is CC(C)(CCCO)CNC(=O)[C@@H](N)Cc1ccccc1. The lowest BCUT2D eigenvalue weighted by molar-refractivity contribution is -0.122. The summed E-state index contributed by atoms with van der Waals surface area (Å²) in [6.45, 7) is 4.91. The van der Waals surface area contributed by atoms with Crippen LogP contribution in [-0.2, 0) is 11.2 Å². The summed E-state index contributed by atoms with van der Waals surface area (Å²) in [5, 5.41) is 11.8. The highest BCUT2D eigenvalue weighted by Gasteiger charge is 2.20. The molecular formula is C16H26N2O2. The van der Waals surface area contributed by atoms with Crippen molar-refractivity contribution in [2.45, 2.75) is 39.2 Å². The zero-order chi connectivity index (χ0) is 15.0. The van der Waals surface area contributed by atoms with Gasteiger partial charge in [-0.15, -0.1) is 0 Å². The number of nitrogens with two attached hydrogens (primary N) is 1. The Hall–Kier alpha value is -1.39.